The van der Waals surface area contributed by atoms with E-state index in [0.29, 0.717) is 5.70 Å². The van der Waals surface area contributed by atoms with Gasteiger partial charge in [0.1, 0.15) is 0 Å². The zero-order chi connectivity index (χ0) is 18.0. The van der Waals surface area contributed by atoms with Gasteiger partial charge >= 0.3 is 0 Å². The molecule has 4 nitrogen and oxygen atoms in total. The van der Waals surface area contributed by atoms with E-state index < -0.39 is 0 Å². The molecule has 0 bridgehead atoms. The first-order valence-corrected chi connectivity index (χ1v) is 8.05. The highest BCUT2D eigenvalue weighted by Gasteiger charge is 2.29. The monoisotopic (exact) mass is 323 g/mol. The van der Waals surface area contributed by atoms with Crippen LogP contribution >= 0.6 is 0 Å². The van der Waals surface area contributed by atoms with Crippen molar-refractivity contribution in [1.82, 2.24) is 14.7 Å². The maximum atomic E-state index is 5.89. The van der Waals surface area contributed by atoms with E-state index in [0.717, 1.165) is 29.9 Å². The molecule has 1 radical (unpaired) electrons. The standard InChI is InChI=1S/C18H23N4.C2H4/c1-11-8-15(14-10-16(14)18(11)13(3)19)17-9-12(2)22(20-17)7-6-21(4)5;1-2/h8-10H,3,6-7,19H2,1-2,4-5H3;1-2H2. The molecular weight excluding hydrogens is 296 g/mol. The van der Waals surface area contributed by atoms with E-state index in [-0.39, 0.29) is 0 Å². The van der Waals surface area contributed by atoms with Crippen molar-refractivity contribution < 1.29 is 0 Å². The molecule has 2 N–H and O–H groups in total. The summed E-state index contributed by atoms with van der Waals surface area (Å²) in [4.78, 5) is 2.17. The highest BCUT2D eigenvalue weighted by Crippen LogP contribution is 2.44. The van der Waals surface area contributed by atoms with Gasteiger partial charge < -0.3 is 10.6 Å². The number of hydrogen-bond acceptors (Lipinski definition) is 3. The second-order valence-electron chi connectivity index (χ2n) is 6.31. The average molecular weight is 323 g/mol. The quantitative estimate of drug-likeness (QED) is 0.732. The van der Waals surface area contributed by atoms with Crippen molar-refractivity contribution in [1.29, 1.82) is 0 Å². The first-order chi connectivity index (χ1) is 11.4. The Labute approximate surface area is 145 Å². The molecule has 3 rings (SSSR count). The Morgan fingerprint density at radius 3 is 2.46 bits per heavy atom. The lowest BCUT2D eigenvalue weighted by Crippen LogP contribution is -2.19. The molecule has 127 valence electrons. The van der Waals surface area contributed by atoms with Crippen LogP contribution in [-0.2, 0) is 6.54 Å². The van der Waals surface area contributed by atoms with Gasteiger partial charge in [-0.2, -0.15) is 5.10 Å². The van der Waals surface area contributed by atoms with Crippen LogP contribution in [-0.4, -0.2) is 35.3 Å². The van der Waals surface area contributed by atoms with Crippen LogP contribution in [0.5, 0.6) is 0 Å². The molecule has 1 aliphatic rings. The Balaban J connectivity index is 0.00000100. The van der Waals surface area contributed by atoms with Crippen LogP contribution in [0.15, 0.2) is 31.9 Å². The van der Waals surface area contributed by atoms with E-state index in [1.807, 2.05) is 0 Å². The molecule has 2 aromatic rings. The number of hydrogen-bond donors (Lipinski definition) is 1. The fraction of sp³-hybridized carbons (Fsp3) is 0.300. The van der Waals surface area contributed by atoms with Gasteiger partial charge in [-0.1, -0.05) is 6.58 Å². The predicted molar refractivity (Wildman–Crippen MR) is 103 cm³/mol. The summed E-state index contributed by atoms with van der Waals surface area (Å²) in [5.74, 6) is 0. The molecule has 0 saturated heterocycles. The van der Waals surface area contributed by atoms with E-state index in [9.17, 15) is 0 Å². The van der Waals surface area contributed by atoms with Gasteiger partial charge in [0.2, 0.25) is 0 Å². The summed E-state index contributed by atoms with van der Waals surface area (Å²) in [7, 11) is 4.16. The Morgan fingerprint density at radius 1 is 1.21 bits per heavy atom. The van der Waals surface area contributed by atoms with E-state index in [2.05, 4.69) is 75.8 Å². The number of aromatic nitrogens is 2. The average Bonchev–Trinajstić information content (AvgIpc) is 3.21. The molecule has 0 saturated carbocycles. The number of nitrogens with two attached hydrogens (primary N) is 1. The number of aryl methyl sites for hydroxylation is 2. The molecule has 0 atom stereocenters. The molecule has 1 heterocycles. The molecule has 0 fully saturated rings. The van der Waals surface area contributed by atoms with Crippen molar-refractivity contribution >= 4 is 5.70 Å². The van der Waals surface area contributed by atoms with Crippen molar-refractivity contribution in [2.24, 2.45) is 5.73 Å². The summed E-state index contributed by atoms with van der Waals surface area (Å²) in [5, 5.41) is 4.78. The highest BCUT2D eigenvalue weighted by atomic mass is 15.3. The Bertz CT molecular complexity index is 765. The number of rotatable bonds is 5. The van der Waals surface area contributed by atoms with Gasteiger partial charge in [0.15, 0.2) is 0 Å². The van der Waals surface area contributed by atoms with Gasteiger partial charge in [0.05, 0.1) is 12.2 Å². The fourth-order valence-corrected chi connectivity index (χ4v) is 2.92. The summed E-state index contributed by atoms with van der Waals surface area (Å²) < 4.78 is 2.08. The largest absolute Gasteiger partial charge is 0.399 e. The second-order valence-corrected chi connectivity index (χ2v) is 6.31. The number of benzene rings is 1. The molecule has 0 amide bonds. The molecule has 0 unspecified atom stereocenters. The lowest BCUT2D eigenvalue weighted by Gasteiger charge is -2.10. The normalized spacial score (nSPS) is 11.7. The molecule has 1 aliphatic carbocycles. The van der Waals surface area contributed by atoms with Crippen LogP contribution in [0.2, 0.25) is 0 Å². The van der Waals surface area contributed by atoms with Crippen LogP contribution in [0.4, 0.5) is 0 Å². The van der Waals surface area contributed by atoms with Crippen molar-refractivity contribution in [2.75, 3.05) is 20.6 Å². The van der Waals surface area contributed by atoms with Crippen LogP contribution in [0.25, 0.3) is 17.0 Å². The summed E-state index contributed by atoms with van der Waals surface area (Å²) >= 11 is 0. The topological polar surface area (TPSA) is 47.1 Å². The van der Waals surface area contributed by atoms with Gasteiger partial charge in [-0.3, -0.25) is 4.68 Å². The van der Waals surface area contributed by atoms with E-state index in [1.165, 1.54) is 22.4 Å². The molecule has 0 aliphatic heterocycles. The summed E-state index contributed by atoms with van der Waals surface area (Å²) in [6.07, 6.45) is 2.17. The molecular formula is C20H27N4. The lowest BCUT2D eigenvalue weighted by atomic mass is 10.0. The molecule has 4 heteroatoms. The second kappa shape index (κ2) is 7.05. The zero-order valence-corrected chi connectivity index (χ0v) is 15.2. The van der Waals surface area contributed by atoms with Crippen molar-refractivity contribution in [3.8, 4) is 11.3 Å². The first kappa shape index (κ1) is 18.0. The highest BCUT2D eigenvalue weighted by molar-refractivity contribution is 5.87. The maximum absolute atomic E-state index is 5.89. The van der Waals surface area contributed by atoms with E-state index in [4.69, 9.17) is 10.8 Å². The van der Waals surface area contributed by atoms with Gasteiger partial charge in [0, 0.05) is 35.5 Å². The molecule has 24 heavy (non-hydrogen) atoms. The van der Waals surface area contributed by atoms with Crippen molar-refractivity contribution in [3.63, 3.8) is 0 Å². The van der Waals surface area contributed by atoms with E-state index >= 15 is 0 Å². The molecule has 0 spiro atoms. The minimum Gasteiger partial charge on any atom is -0.399 e. The number of fused-ring (bicyclic) bond motifs is 1. The predicted octanol–water partition coefficient (Wildman–Crippen LogP) is 3.37. The Kier molecular flexibility index (Phi) is 5.30. The van der Waals surface area contributed by atoms with Crippen LogP contribution in [0.3, 0.4) is 0 Å². The van der Waals surface area contributed by atoms with Gasteiger partial charge in [-0.15, -0.1) is 13.2 Å². The molecule has 1 aromatic carbocycles. The number of nitrogens with zero attached hydrogens (tertiary/aromatic N) is 3. The zero-order valence-electron chi connectivity index (χ0n) is 15.2. The number of likely N-dealkylation sites (N-methyl/N-ethyl adjacent to an activating group) is 1. The van der Waals surface area contributed by atoms with E-state index in [1.54, 1.807) is 0 Å². The van der Waals surface area contributed by atoms with Gasteiger partial charge in [0.25, 0.3) is 0 Å². The van der Waals surface area contributed by atoms with Crippen LogP contribution in [0, 0.1) is 20.3 Å². The van der Waals surface area contributed by atoms with Crippen molar-refractivity contribution in [3.05, 3.63) is 66.2 Å². The van der Waals surface area contributed by atoms with Crippen LogP contribution < -0.4 is 5.73 Å². The summed E-state index contributed by atoms with van der Waals surface area (Å²) in [6.45, 7) is 16.0. The SMILES string of the molecule is C=C.C=C(N)c1c(C)cc(-c2cc(C)n(CCN(C)C)n2)c2c1[CH]2. The van der Waals surface area contributed by atoms with Crippen LogP contribution in [0.1, 0.15) is 27.9 Å². The summed E-state index contributed by atoms with van der Waals surface area (Å²) in [6, 6.07) is 4.33. The van der Waals surface area contributed by atoms with Gasteiger partial charge in [-0.25, -0.2) is 0 Å². The maximum Gasteiger partial charge on any atom is 0.0929 e. The Hall–Kier alpha value is -2.33. The Morgan fingerprint density at radius 2 is 1.88 bits per heavy atom. The fourth-order valence-electron chi connectivity index (χ4n) is 2.92. The third-order valence-corrected chi connectivity index (χ3v) is 4.15. The minimum absolute atomic E-state index is 0.641. The smallest absolute Gasteiger partial charge is 0.0929 e. The van der Waals surface area contributed by atoms with Crippen molar-refractivity contribution in [2.45, 2.75) is 20.4 Å². The first-order valence-electron chi connectivity index (χ1n) is 8.05. The van der Waals surface area contributed by atoms with Gasteiger partial charge in [-0.05, 0) is 56.8 Å². The summed E-state index contributed by atoms with van der Waals surface area (Å²) in [5.41, 5.74) is 14.7. The minimum atomic E-state index is 0.641. The third kappa shape index (κ3) is 3.44. The molecule has 1 aromatic heterocycles. The lowest BCUT2D eigenvalue weighted by molar-refractivity contribution is 0.371. The third-order valence-electron chi connectivity index (χ3n) is 4.15.